The maximum absolute atomic E-state index is 13.9. The van der Waals surface area contributed by atoms with Gasteiger partial charge < -0.3 is 0 Å². The van der Waals surface area contributed by atoms with Crippen LogP contribution in [0.2, 0.25) is 0 Å². The fourth-order valence-electron chi connectivity index (χ4n) is 1.95. The highest BCUT2D eigenvalue weighted by molar-refractivity contribution is 9.10. The van der Waals surface area contributed by atoms with E-state index in [0.717, 1.165) is 5.56 Å². The van der Waals surface area contributed by atoms with Gasteiger partial charge >= 0.3 is 0 Å². The molecule has 0 radical (unpaired) electrons. The molecule has 0 aliphatic rings. The summed E-state index contributed by atoms with van der Waals surface area (Å²) in [6.07, 6.45) is 0. The number of hydrogen-bond acceptors (Lipinski definition) is 2. The van der Waals surface area contributed by atoms with Crippen LogP contribution in [0.15, 0.2) is 46.9 Å². The van der Waals surface area contributed by atoms with Gasteiger partial charge in [0.15, 0.2) is 5.78 Å². The molecule has 0 amide bonds. The minimum absolute atomic E-state index is 0.0575. The summed E-state index contributed by atoms with van der Waals surface area (Å²) in [5.41, 5.74) is 1.21. The number of halogens is 2. The van der Waals surface area contributed by atoms with Crippen molar-refractivity contribution >= 4 is 21.7 Å². The zero-order valence-electron chi connectivity index (χ0n) is 10.7. The van der Waals surface area contributed by atoms with E-state index in [1.807, 2.05) is 6.07 Å². The molecule has 2 rings (SSSR count). The molecule has 4 heteroatoms. The van der Waals surface area contributed by atoms with Crippen molar-refractivity contribution in [3.05, 3.63) is 69.4 Å². The fraction of sp³-hybridized carbons (Fsp3) is 0.125. The molecule has 2 aromatic carbocycles. The average molecular weight is 332 g/mol. The van der Waals surface area contributed by atoms with Crippen LogP contribution in [0.5, 0.6) is 0 Å². The molecular weight excluding hydrogens is 321 g/mol. The number of nitriles is 1. The molecule has 0 N–H and O–H groups in total. The fourth-order valence-corrected chi connectivity index (χ4v) is 2.47. The van der Waals surface area contributed by atoms with E-state index in [0.29, 0.717) is 10.0 Å². The lowest BCUT2D eigenvalue weighted by Crippen LogP contribution is -2.13. The van der Waals surface area contributed by atoms with Gasteiger partial charge in [0.2, 0.25) is 0 Å². The molecule has 0 saturated carbocycles. The Morgan fingerprint density at radius 1 is 1.30 bits per heavy atom. The molecular formula is C16H11BrFNO. The van der Waals surface area contributed by atoms with E-state index in [2.05, 4.69) is 15.9 Å². The van der Waals surface area contributed by atoms with Crippen LogP contribution in [0, 0.1) is 24.1 Å². The third-order valence-electron chi connectivity index (χ3n) is 3.00. The number of hydrogen-bond donors (Lipinski definition) is 0. The first-order chi connectivity index (χ1) is 9.54. The van der Waals surface area contributed by atoms with Crippen LogP contribution in [0.3, 0.4) is 0 Å². The minimum atomic E-state index is -1.03. The van der Waals surface area contributed by atoms with Gasteiger partial charge in [-0.2, -0.15) is 5.26 Å². The van der Waals surface area contributed by atoms with E-state index in [4.69, 9.17) is 0 Å². The van der Waals surface area contributed by atoms with Crippen LogP contribution in [-0.2, 0) is 0 Å². The maximum Gasteiger partial charge on any atom is 0.187 e. The molecule has 1 unspecified atom stereocenters. The number of carbonyl (C=O) groups excluding carboxylic acids is 1. The highest BCUT2D eigenvalue weighted by Gasteiger charge is 2.25. The first-order valence-corrected chi connectivity index (χ1v) is 6.78. The quantitative estimate of drug-likeness (QED) is 0.783. The summed E-state index contributed by atoms with van der Waals surface area (Å²) in [5, 5.41) is 9.27. The first-order valence-electron chi connectivity index (χ1n) is 5.99. The molecule has 1 atom stereocenters. The van der Waals surface area contributed by atoms with Gasteiger partial charge in [0.25, 0.3) is 0 Å². The Kier molecular flexibility index (Phi) is 4.31. The maximum atomic E-state index is 13.9. The largest absolute Gasteiger partial charge is 0.292 e. The molecule has 0 aliphatic heterocycles. The standard InChI is InChI=1S/C16H11BrFNO/c1-10-6-7-12(15(18)8-10)16(20)13(9-19)11-4-2-3-5-14(11)17/h2-8,13H,1H3. The Morgan fingerprint density at radius 3 is 2.60 bits per heavy atom. The monoisotopic (exact) mass is 331 g/mol. The van der Waals surface area contributed by atoms with Gasteiger partial charge in [-0.3, -0.25) is 4.79 Å². The van der Waals surface area contributed by atoms with Crippen molar-refractivity contribution in [3.8, 4) is 6.07 Å². The zero-order valence-corrected chi connectivity index (χ0v) is 12.3. The Hall–Kier alpha value is -1.99. The minimum Gasteiger partial charge on any atom is -0.292 e. The number of rotatable bonds is 3. The molecule has 0 aromatic heterocycles. The summed E-state index contributed by atoms with van der Waals surface area (Å²) in [6.45, 7) is 1.74. The van der Waals surface area contributed by atoms with Gasteiger partial charge in [-0.1, -0.05) is 40.2 Å². The summed E-state index contributed by atoms with van der Waals surface area (Å²) in [6, 6.07) is 13.3. The van der Waals surface area contributed by atoms with Crippen LogP contribution in [0.4, 0.5) is 4.39 Å². The van der Waals surface area contributed by atoms with Gasteiger partial charge in [-0.15, -0.1) is 0 Å². The van der Waals surface area contributed by atoms with Gasteiger partial charge in [0, 0.05) is 4.47 Å². The van der Waals surface area contributed by atoms with Crippen molar-refractivity contribution in [2.24, 2.45) is 0 Å². The van der Waals surface area contributed by atoms with Crippen molar-refractivity contribution in [1.82, 2.24) is 0 Å². The van der Waals surface area contributed by atoms with Crippen molar-refractivity contribution in [2.75, 3.05) is 0 Å². The smallest absolute Gasteiger partial charge is 0.187 e. The summed E-state index contributed by atoms with van der Waals surface area (Å²) in [5.74, 6) is -2.15. The zero-order chi connectivity index (χ0) is 14.7. The normalized spacial score (nSPS) is 11.7. The Balaban J connectivity index is 2.45. The van der Waals surface area contributed by atoms with Crippen molar-refractivity contribution < 1.29 is 9.18 Å². The third kappa shape index (κ3) is 2.78. The Morgan fingerprint density at radius 2 is 2.00 bits per heavy atom. The van der Waals surface area contributed by atoms with E-state index < -0.39 is 17.5 Å². The SMILES string of the molecule is Cc1ccc(C(=O)C(C#N)c2ccccc2Br)c(F)c1. The van der Waals surface area contributed by atoms with E-state index in [-0.39, 0.29) is 5.56 Å². The number of nitrogens with zero attached hydrogens (tertiary/aromatic N) is 1. The molecule has 0 bridgehead atoms. The molecule has 20 heavy (non-hydrogen) atoms. The van der Waals surface area contributed by atoms with Gasteiger partial charge in [-0.05, 0) is 36.2 Å². The number of ketones is 1. The van der Waals surface area contributed by atoms with Crippen LogP contribution < -0.4 is 0 Å². The number of Topliss-reactive ketones (excluding diaryl/α,β-unsaturated/α-hetero) is 1. The topological polar surface area (TPSA) is 40.9 Å². The highest BCUT2D eigenvalue weighted by atomic mass is 79.9. The lowest BCUT2D eigenvalue weighted by molar-refractivity contribution is 0.0974. The van der Waals surface area contributed by atoms with Gasteiger partial charge in [0.1, 0.15) is 11.7 Å². The predicted octanol–water partition coefficient (Wildman–Crippen LogP) is 4.39. The summed E-state index contributed by atoms with van der Waals surface area (Å²) in [4.78, 5) is 12.4. The van der Waals surface area contributed by atoms with Crippen LogP contribution in [0.25, 0.3) is 0 Å². The molecule has 0 heterocycles. The van der Waals surface area contributed by atoms with Crippen molar-refractivity contribution in [2.45, 2.75) is 12.8 Å². The van der Waals surface area contributed by atoms with E-state index >= 15 is 0 Å². The van der Waals surface area contributed by atoms with Crippen molar-refractivity contribution in [3.63, 3.8) is 0 Å². The molecule has 0 spiro atoms. The second-order valence-electron chi connectivity index (χ2n) is 4.43. The van der Waals surface area contributed by atoms with E-state index in [9.17, 15) is 14.4 Å². The Labute approximate surface area is 125 Å². The summed E-state index contributed by atoms with van der Waals surface area (Å²) in [7, 11) is 0. The Bertz CT molecular complexity index is 706. The second-order valence-corrected chi connectivity index (χ2v) is 5.29. The van der Waals surface area contributed by atoms with Crippen LogP contribution in [-0.4, -0.2) is 5.78 Å². The molecule has 0 aliphatic carbocycles. The number of carbonyl (C=O) groups is 1. The molecule has 100 valence electrons. The molecule has 2 nitrogen and oxygen atoms in total. The third-order valence-corrected chi connectivity index (χ3v) is 3.72. The van der Waals surface area contributed by atoms with Crippen molar-refractivity contribution in [1.29, 1.82) is 5.26 Å². The molecule has 0 saturated heterocycles. The summed E-state index contributed by atoms with van der Waals surface area (Å²) < 4.78 is 14.5. The molecule has 0 fully saturated rings. The summed E-state index contributed by atoms with van der Waals surface area (Å²) >= 11 is 3.31. The van der Waals surface area contributed by atoms with E-state index in [1.165, 1.54) is 12.1 Å². The predicted molar refractivity (Wildman–Crippen MR) is 78.0 cm³/mol. The first kappa shape index (κ1) is 14.4. The average Bonchev–Trinajstić information content (AvgIpc) is 2.41. The lowest BCUT2D eigenvalue weighted by Gasteiger charge is -2.11. The number of benzene rings is 2. The highest BCUT2D eigenvalue weighted by Crippen LogP contribution is 2.28. The molecule has 2 aromatic rings. The number of aryl methyl sites for hydroxylation is 1. The second kappa shape index (κ2) is 5.98. The van der Waals surface area contributed by atoms with Gasteiger partial charge in [-0.25, -0.2) is 4.39 Å². The lowest BCUT2D eigenvalue weighted by atomic mass is 9.91. The van der Waals surface area contributed by atoms with Crippen LogP contribution in [0.1, 0.15) is 27.4 Å². The van der Waals surface area contributed by atoms with Gasteiger partial charge in [0.05, 0.1) is 11.6 Å². The van der Waals surface area contributed by atoms with E-state index in [1.54, 1.807) is 37.3 Å². The van der Waals surface area contributed by atoms with Crippen LogP contribution >= 0.6 is 15.9 Å².